The van der Waals surface area contributed by atoms with E-state index in [0.29, 0.717) is 0 Å². The molecule has 0 N–H and O–H groups in total. The second kappa shape index (κ2) is 4.00. The molecular formula is C14H10BrNO. The summed E-state index contributed by atoms with van der Waals surface area (Å²) in [6.45, 7) is 2.01. The fourth-order valence-corrected chi connectivity index (χ4v) is 2.04. The summed E-state index contributed by atoms with van der Waals surface area (Å²) in [7, 11) is 0. The van der Waals surface area contributed by atoms with Crippen LogP contribution in [0.15, 0.2) is 51.5 Å². The molecule has 0 fully saturated rings. The Morgan fingerprint density at radius 3 is 2.65 bits per heavy atom. The van der Waals surface area contributed by atoms with Gasteiger partial charge in [0.05, 0.1) is 0 Å². The third-order valence-corrected chi connectivity index (χ3v) is 3.16. The van der Waals surface area contributed by atoms with Crippen LogP contribution in [0.1, 0.15) is 5.56 Å². The van der Waals surface area contributed by atoms with Gasteiger partial charge in [0.2, 0.25) is 0 Å². The van der Waals surface area contributed by atoms with Gasteiger partial charge in [0.15, 0.2) is 5.58 Å². The summed E-state index contributed by atoms with van der Waals surface area (Å²) < 4.78 is 6.86. The topological polar surface area (TPSA) is 26.0 Å². The average molecular weight is 288 g/mol. The molecule has 17 heavy (non-hydrogen) atoms. The lowest BCUT2D eigenvalue weighted by Crippen LogP contribution is -1.74. The second-order valence-electron chi connectivity index (χ2n) is 4.01. The molecule has 3 rings (SSSR count). The zero-order valence-corrected chi connectivity index (χ0v) is 10.9. The molecule has 2 nitrogen and oxygen atoms in total. The number of halogens is 1. The van der Waals surface area contributed by atoms with Gasteiger partial charge >= 0.3 is 0 Å². The van der Waals surface area contributed by atoms with E-state index in [1.807, 2.05) is 49.5 Å². The van der Waals surface area contributed by atoms with Crippen molar-refractivity contribution in [3.05, 3.63) is 52.6 Å². The van der Waals surface area contributed by atoms with E-state index < -0.39 is 0 Å². The number of nitrogens with zero attached hydrogens (tertiary/aromatic N) is 1. The Balaban J connectivity index is 2.14. The molecule has 3 heteroatoms. The van der Waals surface area contributed by atoms with E-state index in [0.717, 1.165) is 32.5 Å². The third-order valence-electron chi connectivity index (χ3n) is 2.63. The molecule has 0 aliphatic heterocycles. The molecule has 0 saturated carbocycles. The molecule has 0 unspecified atom stereocenters. The van der Waals surface area contributed by atoms with Crippen LogP contribution in [0.4, 0.5) is 0 Å². The highest BCUT2D eigenvalue weighted by atomic mass is 79.9. The van der Waals surface area contributed by atoms with Crippen LogP contribution in [-0.2, 0) is 0 Å². The highest BCUT2D eigenvalue weighted by Gasteiger charge is 2.06. The Morgan fingerprint density at radius 1 is 1.12 bits per heavy atom. The number of hydrogen-bond donors (Lipinski definition) is 0. The molecule has 2 aromatic heterocycles. The van der Waals surface area contributed by atoms with Crippen molar-refractivity contribution < 1.29 is 4.42 Å². The van der Waals surface area contributed by atoms with Gasteiger partial charge in [-0.1, -0.05) is 28.1 Å². The van der Waals surface area contributed by atoms with Gasteiger partial charge in [-0.25, -0.2) is 0 Å². The molecule has 0 spiro atoms. The van der Waals surface area contributed by atoms with Crippen LogP contribution in [0.2, 0.25) is 0 Å². The highest BCUT2D eigenvalue weighted by Crippen LogP contribution is 2.27. The Bertz CT molecular complexity index is 670. The molecule has 0 atom stereocenters. The Hall–Kier alpha value is -1.61. The first kappa shape index (κ1) is 10.5. The van der Waals surface area contributed by atoms with Crippen molar-refractivity contribution in [2.24, 2.45) is 0 Å². The summed E-state index contributed by atoms with van der Waals surface area (Å²) >= 11 is 3.42. The van der Waals surface area contributed by atoms with Gasteiger partial charge in [0.1, 0.15) is 11.3 Å². The van der Waals surface area contributed by atoms with Crippen molar-refractivity contribution in [1.82, 2.24) is 4.98 Å². The molecule has 0 aliphatic rings. The molecule has 0 aliphatic carbocycles. The molecule has 84 valence electrons. The number of aryl methyl sites for hydroxylation is 1. The fraction of sp³-hybridized carbons (Fsp3) is 0.0714. The SMILES string of the molecule is Cc1cnc2cc(-c3ccc(Br)cc3)oc2c1. The number of benzene rings is 1. The van der Waals surface area contributed by atoms with E-state index in [4.69, 9.17) is 4.42 Å². The van der Waals surface area contributed by atoms with Crippen LogP contribution >= 0.6 is 15.9 Å². The fourth-order valence-electron chi connectivity index (χ4n) is 1.77. The monoisotopic (exact) mass is 287 g/mol. The van der Waals surface area contributed by atoms with Crippen LogP contribution in [0.25, 0.3) is 22.4 Å². The highest BCUT2D eigenvalue weighted by molar-refractivity contribution is 9.10. The lowest BCUT2D eigenvalue weighted by atomic mass is 10.2. The molecule has 1 aromatic carbocycles. The smallest absolute Gasteiger partial charge is 0.153 e. The van der Waals surface area contributed by atoms with Gasteiger partial charge in [-0.3, -0.25) is 4.98 Å². The maximum absolute atomic E-state index is 5.80. The molecule has 0 radical (unpaired) electrons. The van der Waals surface area contributed by atoms with E-state index in [2.05, 4.69) is 20.9 Å². The number of rotatable bonds is 1. The van der Waals surface area contributed by atoms with E-state index in [-0.39, 0.29) is 0 Å². The minimum Gasteiger partial charge on any atom is -0.454 e. The lowest BCUT2D eigenvalue weighted by molar-refractivity contribution is 0.630. The quantitative estimate of drug-likeness (QED) is 0.655. The van der Waals surface area contributed by atoms with Crippen molar-refractivity contribution in [1.29, 1.82) is 0 Å². The van der Waals surface area contributed by atoms with Crippen molar-refractivity contribution in [3.63, 3.8) is 0 Å². The van der Waals surface area contributed by atoms with E-state index in [1.165, 1.54) is 0 Å². The van der Waals surface area contributed by atoms with Crippen LogP contribution in [-0.4, -0.2) is 4.98 Å². The number of fused-ring (bicyclic) bond motifs is 1. The van der Waals surface area contributed by atoms with E-state index >= 15 is 0 Å². The first-order valence-corrected chi connectivity index (χ1v) is 6.14. The maximum Gasteiger partial charge on any atom is 0.153 e. The minimum atomic E-state index is 0.836. The van der Waals surface area contributed by atoms with Gasteiger partial charge < -0.3 is 4.42 Å². The van der Waals surface area contributed by atoms with Gasteiger partial charge in [-0.15, -0.1) is 0 Å². The maximum atomic E-state index is 5.80. The van der Waals surface area contributed by atoms with Crippen LogP contribution < -0.4 is 0 Å². The van der Waals surface area contributed by atoms with Gasteiger partial charge in [-0.2, -0.15) is 0 Å². The number of furan rings is 1. The van der Waals surface area contributed by atoms with Crippen LogP contribution in [0.5, 0.6) is 0 Å². The average Bonchev–Trinajstić information content (AvgIpc) is 2.72. The predicted octanol–water partition coefficient (Wildman–Crippen LogP) is 4.57. The zero-order valence-electron chi connectivity index (χ0n) is 9.27. The molecule has 2 heterocycles. The number of pyridine rings is 1. The Morgan fingerprint density at radius 2 is 1.88 bits per heavy atom. The largest absolute Gasteiger partial charge is 0.454 e. The van der Waals surface area contributed by atoms with Crippen molar-refractivity contribution in [2.45, 2.75) is 6.92 Å². The molecule has 3 aromatic rings. The first-order chi connectivity index (χ1) is 8.22. The standard InChI is InChI=1S/C14H10BrNO/c1-9-6-14-12(16-8-9)7-13(17-14)10-2-4-11(15)5-3-10/h2-8H,1H3. The summed E-state index contributed by atoms with van der Waals surface area (Å²) in [6.07, 6.45) is 1.85. The van der Waals surface area contributed by atoms with Gasteiger partial charge in [-0.05, 0) is 30.7 Å². The van der Waals surface area contributed by atoms with Crippen molar-refractivity contribution >= 4 is 27.0 Å². The van der Waals surface area contributed by atoms with Crippen LogP contribution in [0.3, 0.4) is 0 Å². The normalized spacial score (nSPS) is 10.9. The summed E-state index contributed by atoms with van der Waals surface area (Å²) in [6, 6.07) is 12.0. The lowest BCUT2D eigenvalue weighted by Gasteiger charge is -1.95. The van der Waals surface area contributed by atoms with Gasteiger partial charge in [0.25, 0.3) is 0 Å². The van der Waals surface area contributed by atoms with Crippen molar-refractivity contribution in [2.75, 3.05) is 0 Å². The van der Waals surface area contributed by atoms with E-state index in [1.54, 1.807) is 0 Å². The molecule has 0 bridgehead atoms. The summed E-state index contributed by atoms with van der Waals surface area (Å²) in [5, 5.41) is 0. The Kier molecular flexibility index (Phi) is 2.48. The van der Waals surface area contributed by atoms with E-state index in [9.17, 15) is 0 Å². The first-order valence-electron chi connectivity index (χ1n) is 5.34. The summed E-state index contributed by atoms with van der Waals surface area (Å²) in [5.74, 6) is 0.852. The van der Waals surface area contributed by atoms with Crippen molar-refractivity contribution in [3.8, 4) is 11.3 Å². The third kappa shape index (κ3) is 1.98. The molecular weight excluding hydrogens is 278 g/mol. The second-order valence-corrected chi connectivity index (χ2v) is 4.93. The molecule has 0 saturated heterocycles. The predicted molar refractivity (Wildman–Crippen MR) is 71.9 cm³/mol. The Labute approximate surface area is 107 Å². The zero-order chi connectivity index (χ0) is 11.8. The van der Waals surface area contributed by atoms with Crippen LogP contribution in [0, 0.1) is 6.92 Å². The minimum absolute atomic E-state index is 0.836. The van der Waals surface area contributed by atoms with Gasteiger partial charge in [0, 0.05) is 22.3 Å². The molecule has 0 amide bonds. The number of aromatic nitrogens is 1. The number of hydrogen-bond acceptors (Lipinski definition) is 2. The summed E-state index contributed by atoms with van der Waals surface area (Å²) in [4.78, 5) is 4.34. The summed E-state index contributed by atoms with van der Waals surface area (Å²) in [5.41, 5.74) is 3.90.